The second-order valence-electron chi connectivity index (χ2n) is 7.05. The lowest BCUT2D eigenvalue weighted by Gasteiger charge is -2.34. The van der Waals surface area contributed by atoms with Crippen LogP contribution in [0.15, 0.2) is 58.7 Å². The number of aromatic nitrogens is 4. The first-order valence-corrected chi connectivity index (χ1v) is 10.8. The zero-order valence-corrected chi connectivity index (χ0v) is 17.5. The molecule has 0 spiro atoms. The molecule has 31 heavy (non-hydrogen) atoms. The quantitative estimate of drug-likeness (QED) is 0.462. The van der Waals surface area contributed by atoms with Crippen molar-refractivity contribution >= 4 is 23.6 Å². The van der Waals surface area contributed by atoms with Gasteiger partial charge in [0.15, 0.2) is 5.16 Å². The molecule has 0 saturated carbocycles. The highest BCUT2D eigenvalue weighted by atomic mass is 32.2. The van der Waals surface area contributed by atoms with Gasteiger partial charge in [0.2, 0.25) is 11.9 Å². The van der Waals surface area contributed by atoms with Crippen molar-refractivity contribution in [2.75, 3.05) is 31.1 Å². The fraction of sp³-hybridized carbons (Fsp3) is 0.286. The molecule has 0 atom stereocenters. The van der Waals surface area contributed by atoms with E-state index in [1.54, 1.807) is 35.5 Å². The number of carbonyl (C=O) groups is 1. The average molecular weight is 441 g/mol. The first-order valence-electron chi connectivity index (χ1n) is 9.84. The van der Waals surface area contributed by atoms with Crippen LogP contribution in [0.5, 0.6) is 0 Å². The summed E-state index contributed by atoms with van der Waals surface area (Å²) < 4.78 is 13.0. The number of H-pyrrole nitrogens is 1. The Morgan fingerprint density at radius 1 is 1.10 bits per heavy atom. The van der Waals surface area contributed by atoms with E-state index < -0.39 is 0 Å². The van der Waals surface area contributed by atoms with Crippen LogP contribution in [0.25, 0.3) is 0 Å². The lowest BCUT2D eigenvalue weighted by atomic mass is 10.2. The first kappa shape index (κ1) is 21.0. The zero-order valence-electron chi connectivity index (χ0n) is 16.7. The fourth-order valence-electron chi connectivity index (χ4n) is 3.25. The monoisotopic (exact) mass is 440 g/mol. The summed E-state index contributed by atoms with van der Waals surface area (Å²) in [6.45, 7) is 2.42. The van der Waals surface area contributed by atoms with Crippen molar-refractivity contribution in [3.63, 3.8) is 0 Å². The normalized spacial score (nSPS) is 14.0. The summed E-state index contributed by atoms with van der Waals surface area (Å²) in [5, 5.41) is 0.436. The molecule has 3 aromatic rings. The van der Waals surface area contributed by atoms with Gasteiger partial charge in [0.05, 0.1) is 12.1 Å². The van der Waals surface area contributed by atoms with Crippen LogP contribution in [0.4, 0.5) is 10.3 Å². The number of benzene rings is 1. The van der Waals surface area contributed by atoms with Crippen LogP contribution in [-0.4, -0.2) is 56.9 Å². The summed E-state index contributed by atoms with van der Waals surface area (Å²) in [6, 6.07) is 9.29. The lowest BCUT2D eigenvalue weighted by molar-refractivity contribution is -0.130. The molecular formula is C21H21FN6O2S. The second-order valence-corrected chi connectivity index (χ2v) is 8.01. The highest BCUT2D eigenvalue weighted by Crippen LogP contribution is 2.19. The lowest BCUT2D eigenvalue weighted by Crippen LogP contribution is -2.49. The maximum atomic E-state index is 13.0. The Kier molecular flexibility index (Phi) is 6.56. The number of aromatic amines is 1. The van der Waals surface area contributed by atoms with Crippen molar-refractivity contribution in [2.24, 2.45) is 0 Å². The maximum absolute atomic E-state index is 13.0. The topological polar surface area (TPSA) is 95.1 Å². The summed E-state index contributed by atoms with van der Waals surface area (Å²) >= 11 is 1.33. The van der Waals surface area contributed by atoms with Crippen LogP contribution >= 0.6 is 11.8 Å². The maximum Gasteiger partial charge on any atom is 0.251 e. The Hall–Kier alpha value is -3.27. The third-order valence-corrected chi connectivity index (χ3v) is 5.81. The minimum Gasteiger partial charge on any atom is -0.339 e. The van der Waals surface area contributed by atoms with Gasteiger partial charge in [-0.05, 0) is 23.8 Å². The Balaban J connectivity index is 1.34. The van der Waals surface area contributed by atoms with Gasteiger partial charge in [-0.25, -0.2) is 19.3 Å². The minimum atomic E-state index is -0.301. The van der Waals surface area contributed by atoms with Gasteiger partial charge in [-0.3, -0.25) is 9.59 Å². The summed E-state index contributed by atoms with van der Waals surface area (Å²) in [7, 11) is 0. The van der Waals surface area contributed by atoms with Crippen LogP contribution in [0.3, 0.4) is 0 Å². The molecule has 1 fully saturated rings. The van der Waals surface area contributed by atoms with Gasteiger partial charge < -0.3 is 14.8 Å². The molecule has 0 bridgehead atoms. The van der Waals surface area contributed by atoms with Gasteiger partial charge in [0.25, 0.3) is 5.56 Å². The molecule has 0 radical (unpaired) electrons. The number of anilines is 1. The Morgan fingerprint density at radius 3 is 2.52 bits per heavy atom. The number of rotatable bonds is 6. The molecule has 1 amide bonds. The van der Waals surface area contributed by atoms with Gasteiger partial charge in [0, 0.05) is 50.4 Å². The molecule has 8 nitrogen and oxygen atoms in total. The minimum absolute atomic E-state index is 0.0653. The summed E-state index contributed by atoms with van der Waals surface area (Å²) in [6.07, 6.45) is 3.46. The van der Waals surface area contributed by atoms with Crippen LogP contribution < -0.4 is 10.5 Å². The van der Waals surface area contributed by atoms with Crippen LogP contribution in [0.1, 0.15) is 11.3 Å². The van der Waals surface area contributed by atoms with Crippen molar-refractivity contribution < 1.29 is 9.18 Å². The molecule has 1 aliphatic rings. The van der Waals surface area contributed by atoms with Gasteiger partial charge in [-0.1, -0.05) is 23.9 Å². The third kappa shape index (κ3) is 5.66. The van der Waals surface area contributed by atoms with Gasteiger partial charge in [-0.15, -0.1) is 0 Å². The summed E-state index contributed by atoms with van der Waals surface area (Å²) in [5.74, 6) is 0.831. The highest BCUT2D eigenvalue weighted by Gasteiger charge is 2.23. The molecule has 0 unspecified atom stereocenters. The van der Waals surface area contributed by atoms with E-state index in [0.29, 0.717) is 48.7 Å². The number of hydrogen-bond acceptors (Lipinski definition) is 7. The van der Waals surface area contributed by atoms with E-state index in [0.717, 1.165) is 5.56 Å². The Bertz CT molecular complexity index is 1090. The van der Waals surface area contributed by atoms with E-state index in [1.165, 1.54) is 30.0 Å². The first-order chi connectivity index (χ1) is 15.1. The van der Waals surface area contributed by atoms with Crippen LogP contribution in [0, 0.1) is 5.82 Å². The molecular weight excluding hydrogens is 419 g/mol. The molecule has 2 aromatic heterocycles. The van der Waals surface area contributed by atoms with Crippen LogP contribution in [0.2, 0.25) is 0 Å². The van der Waals surface area contributed by atoms with Gasteiger partial charge in [0.1, 0.15) is 5.82 Å². The van der Waals surface area contributed by atoms with Crippen molar-refractivity contribution in [3.8, 4) is 0 Å². The van der Waals surface area contributed by atoms with Crippen molar-refractivity contribution in [1.82, 2.24) is 24.8 Å². The summed E-state index contributed by atoms with van der Waals surface area (Å²) in [5.41, 5.74) is 1.05. The Morgan fingerprint density at radius 2 is 1.81 bits per heavy atom. The average Bonchev–Trinajstić information content (AvgIpc) is 2.79. The zero-order chi connectivity index (χ0) is 21.6. The number of thioether (sulfide) groups is 1. The number of nitrogens with one attached hydrogen (secondary N) is 1. The predicted octanol–water partition coefficient (Wildman–Crippen LogP) is 1.88. The second kappa shape index (κ2) is 9.69. The summed E-state index contributed by atoms with van der Waals surface area (Å²) in [4.78, 5) is 44.2. The van der Waals surface area contributed by atoms with E-state index in [-0.39, 0.29) is 23.7 Å². The fourth-order valence-corrected chi connectivity index (χ4v) is 4.10. The molecule has 1 aliphatic heterocycles. The molecule has 1 aromatic carbocycles. The van der Waals surface area contributed by atoms with E-state index >= 15 is 0 Å². The van der Waals surface area contributed by atoms with E-state index in [2.05, 4.69) is 19.9 Å². The van der Waals surface area contributed by atoms with E-state index in [9.17, 15) is 14.0 Å². The van der Waals surface area contributed by atoms with E-state index in [4.69, 9.17) is 0 Å². The standard InChI is InChI=1S/C21H21FN6O2S/c22-16-4-2-15(3-5-16)14-31-21-25-17(12-18(29)26-21)13-19(30)27-8-10-28(11-9-27)20-23-6-1-7-24-20/h1-7,12H,8-11,13-14H2,(H,25,26,29). The predicted molar refractivity (Wildman–Crippen MR) is 115 cm³/mol. The van der Waals surface area contributed by atoms with Crippen LogP contribution in [-0.2, 0) is 17.0 Å². The number of halogens is 1. The Labute approximate surface area is 182 Å². The largest absolute Gasteiger partial charge is 0.339 e. The number of hydrogen-bond donors (Lipinski definition) is 1. The van der Waals surface area contributed by atoms with E-state index in [1.807, 2.05) is 4.90 Å². The number of nitrogens with zero attached hydrogens (tertiary/aromatic N) is 5. The SMILES string of the molecule is O=C(Cc1cc(=O)[nH]c(SCc2ccc(F)cc2)n1)N1CCN(c2ncccn2)CC1. The molecule has 1 N–H and O–H groups in total. The molecule has 1 saturated heterocycles. The number of carbonyl (C=O) groups excluding carboxylic acids is 1. The molecule has 10 heteroatoms. The van der Waals surface area contributed by atoms with Crippen molar-refractivity contribution in [2.45, 2.75) is 17.3 Å². The van der Waals surface area contributed by atoms with Crippen molar-refractivity contribution in [1.29, 1.82) is 0 Å². The highest BCUT2D eigenvalue weighted by molar-refractivity contribution is 7.98. The molecule has 4 rings (SSSR count). The van der Waals surface area contributed by atoms with Gasteiger partial charge in [-0.2, -0.15) is 0 Å². The van der Waals surface area contributed by atoms with Gasteiger partial charge >= 0.3 is 0 Å². The number of piperazine rings is 1. The van der Waals surface area contributed by atoms with Crippen molar-refractivity contribution in [3.05, 3.63) is 76.2 Å². The molecule has 0 aliphatic carbocycles. The molecule has 3 heterocycles. The smallest absolute Gasteiger partial charge is 0.251 e. The number of amides is 1. The molecule has 160 valence electrons. The third-order valence-electron chi connectivity index (χ3n) is 4.86.